The van der Waals surface area contributed by atoms with Gasteiger partial charge >= 0.3 is 0 Å². The van der Waals surface area contributed by atoms with Crippen molar-refractivity contribution in [1.29, 1.82) is 0 Å². The number of piperidine rings is 1. The van der Waals surface area contributed by atoms with Crippen LogP contribution in [-0.4, -0.2) is 57.7 Å². The Hall–Kier alpha value is -5.09. The fraction of sp³-hybridized carbons (Fsp3) is 0.375. The molecule has 2 fully saturated rings. The third-order valence-electron chi connectivity index (χ3n) is 10.3. The molecule has 0 aliphatic carbocycles. The van der Waals surface area contributed by atoms with Crippen molar-refractivity contribution in [2.24, 2.45) is 0 Å². The number of benzene rings is 3. The molecule has 4 aromatic rings. The molecule has 2 saturated heterocycles. The summed E-state index contributed by atoms with van der Waals surface area (Å²) in [5.41, 5.74) is 6.47. The molecule has 0 spiro atoms. The first-order valence-electron chi connectivity index (χ1n) is 17.4. The van der Waals surface area contributed by atoms with E-state index in [1.807, 2.05) is 12.1 Å². The summed E-state index contributed by atoms with van der Waals surface area (Å²) < 4.78 is 12.3. The average Bonchev–Trinajstić information content (AvgIpc) is 3.77. The first kappa shape index (κ1) is 33.4. The Balaban J connectivity index is 0.934. The van der Waals surface area contributed by atoms with Crippen LogP contribution in [-0.2, 0) is 34.7 Å². The van der Waals surface area contributed by atoms with Crippen LogP contribution in [0.1, 0.15) is 85.0 Å². The normalized spacial score (nSPS) is 19.3. The van der Waals surface area contributed by atoms with Gasteiger partial charge in [0, 0.05) is 50.3 Å². The molecule has 0 bridgehead atoms. The van der Waals surface area contributed by atoms with Gasteiger partial charge in [0.1, 0.15) is 24.7 Å². The fourth-order valence-corrected chi connectivity index (χ4v) is 7.28. The van der Waals surface area contributed by atoms with Crippen molar-refractivity contribution in [2.45, 2.75) is 83.6 Å². The predicted octanol–water partition coefficient (Wildman–Crippen LogP) is 5.75. The van der Waals surface area contributed by atoms with Crippen LogP contribution in [0, 0.1) is 0 Å². The first-order chi connectivity index (χ1) is 24.1. The average molecular weight is 674 g/mol. The van der Waals surface area contributed by atoms with E-state index in [1.165, 1.54) is 29.3 Å². The number of anilines is 1. The van der Waals surface area contributed by atoms with Gasteiger partial charge in [-0.3, -0.25) is 24.6 Å². The van der Waals surface area contributed by atoms with Crippen molar-refractivity contribution >= 4 is 23.3 Å². The number of hydrogen-bond donors (Lipinski definition) is 1. The third-order valence-corrected chi connectivity index (χ3v) is 10.3. The maximum absolute atomic E-state index is 12.5. The zero-order valence-electron chi connectivity index (χ0n) is 28.9. The molecule has 50 heavy (non-hydrogen) atoms. The lowest BCUT2D eigenvalue weighted by atomic mass is 9.78. The number of Topliss-reactive ketones (excluding diaryl/α,β-unsaturated/α-hetero) is 1. The number of nitrogens with zero attached hydrogens (tertiary/aromatic N) is 4. The number of carbonyl (C=O) groups is 3. The fourth-order valence-electron chi connectivity index (χ4n) is 7.28. The standard InChI is InChI=1S/C40H43N5O5/c1-26(46)38-41-19-18-31(42-38)24-49-34-12-7-29(8-13-34)40(2,3)30-9-14-35(15-10-30)50-25-33-5-4-20-45(33)32-11-6-27-22-44(23-28(27)21-32)36-16-17-37(47)43-39(36)48/h6-15,18-19,21,33,36H,4-5,16-17,20,22-25H2,1-3H3,(H,43,47,48)/t33-,36?/m1/s1. The number of amides is 2. The lowest BCUT2D eigenvalue weighted by Crippen LogP contribution is -2.50. The van der Waals surface area contributed by atoms with Crippen molar-refractivity contribution in [3.63, 3.8) is 0 Å². The minimum atomic E-state index is -0.250. The van der Waals surface area contributed by atoms with Gasteiger partial charge in [-0.25, -0.2) is 9.97 Å². The lowest BCUT2D eigenvalue weighted by molar-refractivity contribution is -0.137. The van der Waals surface area contributed by atoms with Gasteiger partial charge in [-0.05, 0) is 84.0 Å². The number of rotatable bonds is 11. The number of carbonyl (C=O) groups excluding carboxylic acids is 3. The van der Waals surface area contributed by atoms with E-state index in [0.717, 1.165) is 49.5 Å². The third kappa shape index (κ3) is 7.12. The topological polar surface area (TPSA) is 114 Å². The Morgan fingerprint density at radius 3 is 2.30 bits per heavy atom. The molecular formula is C40H43N5O5. The number of hydrogen-bond acceptors (Lipinski definition) is 9. The summed E-state index contributed by atoms with van der Waals surface area (Å²) in [6, 6.07) is 24.9. The van der Waals surface area contributed by atoms with Crippen molar-refractivity contribution < 1.29 is 23.9 Å². The Bertz CT molecular complexity index is 1890. The largest absolute Gasteiger partial charge is 0.491 e. The quantitative estimate of drug-likeness (QED) is 0.157. The number of ketones is 1. The number of aromatic nitrogens is 2. The molecule has 3 aromatic carbocycles. The highest BCUT2D eigenvalue weighted by molar-refractivity contribution is 6.00. The zero-order valence-corrected chi connectivity index (χ0v) is 28.9. The molecule has 3 aliphatic rings. The Kier molecular flexibility index (Phi) is 9.38. The van der Waals surface area contributed by atoms with Crippen LogP contribution in [0.5, 0.6) is 11.5 Å². The van der Waals surface area contributed by atoms with Gasteiger partial charge in [0.15, 0.2) is 11.6 Å². The van der Waals surface area contributed by atoms with Crippen LogP contribution in [0.4, 0.5) is 5.69 Å². The van der Waals surface area contributed by atoms with Crippen LogP contribution in [0.15, 0.2) is 79.0 Å². The van der Waals surface area contributed by atoms with Crippen LogP contribution in [0.25, 0.3) is 0 Å². The van der Waals surface area contributed by atoms with Gasteiger partial charge in [-0.15, -0.1) is 0 Å². The highest BCUT2D eigenvalue weighted by Gasteiger charge is 2.35. The van der Waals surface area contributed by atoms with Crippen LogP contribution in [0.2, 0.25) is 0 Å². The lowest BCUT2D eigenvalue weighted by Gasteiger charge is -2.29. The van der Waals surface area contributed by atoms with E-state index >= 15 is 0 Å². The number of imide groups is 1. The predicted molar refractivity (Wildman–Crippen MR) is 189 cm³/mol. The van der Waals surface area contributed by atoms with Crippen molar-refractivity contribution in [3.05, 3.63) is 113 Å². The van der Waals surface area contributed by atoms with E-state index in [1.54, 1.807) is 12.3 Å². The zero-order chi connectivity index (χ0) is 34.8. The molecule has 10 heteroatoms. The molecule has 258 valence electrons. The second-order valence-corrected chi connectivity index (χ2v) is 14.0. The first-order valence-corrected chi connectivity index (χ1v) is 17.4. The SMILES string of the molecule is CC(=O)c1nccc(COc2ccc(C(C)(C)c3ccc(OC[C@H]4CCCN4c4ccc5c(c4)CN(C4CCC(=O)NC4=O)C5)cc3)cc2)n1. The highest BCUT2D eigenvalue weighted by Crippen LogP contribution is 2.35. The Labute approximate surface area is 292 Å². The molecule has 0 radical (unpaired) electrons. The highest BCUT2D eigenvalue weighted by atomic mass is 16.5. The van der Waals surface area contributed by atoms with Crippen molar-refractivity contribution in [3.8, 4) is 11.5 Å². The number of ether oxygens (including phenoxy) is 2. The maximum Gasteiger partial charge on any atom is 0.243 e. The second-order valence-electron chi connectivity index (χ2n) is 14.0. The van der Waals surface area contributed by atoms with E-state index in [4.69, 9.17) is 9.47 Å². The summed E-state index contributed by atoms with van der Waals surface area (Å²) in [7, 11) is 0. The van der Waals surface area contributed by atoms with E-state index < -0.39 is 0 Å². The molecule has 10 nitrogen and oxygen atoms in total. The van der Waals surface area contributed by atoms with Crippen LogP contribution < -0.4 is 19.7 Å². The molecule has 2 amide bonds. The van der Waals surface area contributed by atoms with E-state index in [0.29, 0.717) is 25.1 Å². The minimum absolute atomic E-state index is 0.173. The number of fused-ring (bicyclic) bond motifs is 1. The summed E-state index contributed by atoms with van der Waals surface area (Å²) in [5, 5.41) is 2.50. The van der Waals surface area contributed by atoms with Gasteiger partial charge in [0.25, 0.3) is 0 Å². The molecule has 2 atom stereocenters. The summed E-state index contributed by atoms with van der Waals surface area (Å²) >= 11 is 0. The molecular weight excluding hydrogens is 630 g/mol. The van der Waals surface area contributed by atoms with Gasteiger partial charge < -0.3 is 14.4 Å². The molecule has 7 rings (SSSR count). The van der Waals surface area contributed by atoms with Crippen LogP contribution in [0.3, 0.4) is 0 Å². The molecule has 1 aromatic heterocycles. The molecule has 1 N–H and O–H groups in total. The number of nitrogens with one attached hydrogen (secondary N) is 1. The Morgan fingerprint density at radius 2 is 1.60 bits per heavy atom. The van der Waals surface area contributed by atoms with Gasteiger partial charge in [-0.1, -0.05) is 44.2 Å². The van der Waals surface area contributed by atoms with Gasteiger partial charge in [0.05, 0.1) is 17.8 Å². The monoisotopic (exact) mass is 673 g/mol. The molecule has 3 aliphatic heterocycles. The summed E-state index contributed by atoms with van der Waals surface area (Å²) in [4.78, 5) is 48.6. The smallest absolute Gasteiger partial charge is 0.243 e. The Morgan fingerprint density at radius 1 is 0.900 bits per heavy atom. The van der Waals surface area contributed by atoms with Crippen molar-refractivity contribution in [2.75, 3.05) is 18.1 Å². The minimum Gasteiger partial charge on any atom is -0.491 e. The van der Waals surface area contributed by atoms with Gasteiger partial charge in [-0.2, -0.15) is 0 Å². The van der Waals surface area contributed by atoms with Gasteiger partial charge in [0.2, 0.25) is 11.8 Å². The van der Waals surface area contributed by atoms with Crippen LogP contribution >= 0.6 is 0 Å². The summed E-state index contributed by atoms with van der Waals surface area (Å²) in [6.07, 6.45) is 4.74. The van der Waals surface area contributed by atoms with E-state index in [-0.39, 0.29) is 47.5 Å². The molecule has 1 unspecified atom stereocenters. The summed E-state index contributed by atoms with van der Waals surface area (Å²) in [5.74, 6) is 1.25. The van der Waals surface area contributed by atoms with E-state index in [9.17, 15) is 14.4 Å². The molecule has 0 saturated carbocycles. The van der Waals surface area contributed by atoms with Crippen molar-refractivity contribution in [1.82, 2.24) is 20.2 Å². The summed E-state index contributed by atoms with van der Waals surface area (Å²) in [6.45, 7) is 9.17. The van der Waals surface area contributed by atoms with E-state index in [2.05, 4.69) is 93.5 Å². The second kappa shape index (κ2) is 14.0. The molecule has 4 heterocycles. The maximum atomic E-state index is 12.5.